The minimum absolute atomic E-state index is 0.722. The van der Waals surface area contributed by atoms with Crippen LogP contribution in [0.2, 0.25) is 0 Å². The topological polar surface area (TPSA) is 54.2 Å². The molecule has 3 N–H and O–H groups in total. The van der Waals surface area contributed by atoms with Gasteiger partial charge in [0, 0.05) is 18.8 Å². The van der Waals surface area contributed by atoms with E-state index in [9.17, 15) is 0 Å². The van der Waals surface area contributed by atoms with Gasteiger partial charge in [0.15, 0.2) is 0 Å². The minimum atomic E-state index is 0.722. The Labute approximate surface area is 103 Å². The van der Waals surface area contributed by atoms with E-state index in [1.807, 2.05) is 18.3 Å². The van der Waals surface area contributed by atoms with E-state index in [4.69, 9.17) is 5.84 Å². The van der Waals surface area contributed by atoms with Crippen molar-refractivity contribution < 1.29 is 0 Å². The fourth-order valence-corrected chi connectivity index (χ4v) is 2.59. The number of hydrazine groups is 1. The number of nitrogens with two attached hydrogens (primary N) is 1. The van der Waals surface area contributed by atoms with E-state index in [0.717, 1.165) is 24.0 Å². The maximum absolute atomic E-state index is 5.41. The number of nitrogens with one attached hydrogen (secondary N) is 1. The molecule has 2 heterocycles. The molecule has 1 aromatic rings. The average molecular weight is 234 g/mol. The van der Waals surface area contributed by atoms with Crippen LogP contribution in [0.25, 0.3) is 0 Å². The van der Waals surface area contributed by atoms with Crippen LogP contribution in [0.1, 0.15) is 38.3 Å². The molecule has 1 atom stereocenters. The second-order valence-corrected chi connectivity index (χ2v) is 4.71. The fourth-order valence-electron chi connectivity index (χ4n) is 2.59. The molecule has 4 heteroatoms. The Kier molecular flexibility index (Phi) is 4.34. The molecular formula is C13H22N4. The predicted molar refractivity (Wildman–Crippen MR) is 70.4 cm³/mol. The zero-order chi connectivity index (χ0) is 12.1. The zero-order valence-corrected chi connectivity index (χ0v) is 10.5. The van der Waals surface area contributed by atoms with Gasteiger partial charge in [-0.05, 0) is 37.9 Å². The molecule has 1 aromatic heterocycles. The van der Waals surface area contributed by atoms with E-state index in [2.05, 4.69) is 22.2 Å². The number of nitrogens with zero attached hydrogens (tertiary/aromatic N) is 2. The second kappa shape index (κ2) is 5.98. The molecule has 4 nitrogen and oxygen atoms in total. The van der Waals surface area contributed by atoms with Gasteiger partial charge in [-0.25, -0.2) is 0 Å². The van der Waals surface area contributed by atoms with Crippen LogP contribution in [-0.4, -0.2) is 22.5 Å². The molecule has 1 aliphatic heterocycles. The molecule has 0 spiro atoms. The summed E-state index contributed by atoms with van der Waals surface area (Å²) < 4.78 is 0. The number of anilines is 1. The van der Waals surface area contributed by atoms with Crippen LogP contribution >= 0.6 is 0 Å². The summed E-state index contributed by atoms with van der Waals surface area (Å²) in [4.78, 5) is 6.96. The summed E-state index contributed by atoms with van der Waals surface area (Å²) in [5.74, 6) is 5.41. The van der Waals surface area contributed by atoms with E-state index in [1.165, 1.54) is 32.2 Å². The van der Waals surface area contributed by atoms with Crippen molar-refractivity contribution in [2.75, 3.05) is 12.0 Å². The lowest BCUT2D eigenvalue weighted by atomic mass is 10.00. The van der Waals surface area contributed by atoms with Gasteiger partial charge < -0.3 is 5.43 Å². The summed E-state index contributed by atoms with van der Waals surface area (Å²) >= 11 is 0. The molecule has 17 heavy (non-hydrogen) atoms. The van der Waals surface area contributed by atoms with Gasteiger partial charge >= 0.3 is 0 Å². The Balaban J connectivity index is 2.02. The highest BCUT2D eigenvalue weighted by molar-refractivity contribution is 5.41. The van der Waals surface area contributed by atoms with Crippen LogP contribution in [0.15, 0.2) is 18.3 Å². The highest BCUT2D eigenvalue weighted by atomic mass is 15.2. The van der Waals surface area contributed by atoms with Crippen molar-refractivity contribution in [2.24, 2.45) is 5.84 Å². The normalized spacial score (nSPS) is 21.4. The first-order valence-electron chi connectivity index (χ1n) is 6.49. The lowest BCUT2D eigenvalue weighted by molar-refractivity contribution is 0.134. The van der Waals surface area contributed by atoms with E-state index in [1.54, 1.807) is 0 Å². The highest BCUT2D eigenvalue weighted by Crippen LogP contribution is 2.21. The first kappa shape index (κ1) is 12.3. The van der Waals surface area contributed by atoms with Crippen LogP contribution in [-0.2, 0) is 6.54 Å². The van der Waals surface area contributed by atoms with Gasteiger partial charge in [-0.2, -0.15) is 0 Å². The van der Waals surface area contributed by atoms with Crippen molar-refractivity contribution in [3.05, 3.63) is 24.0 Å². The second-order valence-electron chi connectivity index (χ2n) is 4.71. The van der Waals surface area contributed by atoms with E-state index >= 15 is 0 Å². The summed E-state index contributed by atoms with van der Waals surface area (Å²) in [6.07, 6.45) is 7.05. The quantitative estimate of drug-likeness (QED) is 0.619. The summed E-state index contributed by atoms with van der Waals surface area (Å²) in [7, 11) is 0. The minimum Gasteiger partial charge on any atom is -0.324 e. The van der Waals surface area contributed by atoms with Crippen molar-refractivity contribution in [3.63, 3.8) is 0 Å². The third kappa shape index (κ3) is 3.17. The van der Waals surface area contributed by atoms with Crippen LogP contribution in [0.4, 0.5) is 5.69 Å². The first-order chi connectivity index (χ1) is 8.33. The molecule has 1 unspecified atom stereocenters. The summed E-state index contributed by atoms with van der Waals surface area (Å²) in [5.41, 5.74) is 4.70. The van der Waals surface area contributed by atoms with Crippen molar-refractivity contribution in [2.45, 2.75) is 45.2 Å². The van der Waals surface area contributed by atoms with Gasteiger partial charge in [-0.1, -0.05) is 13.3 Å². The van der Waals surface area contributed by atoms with Gasteiger partial charge in [-0.3, -0.25) is 15.7 Å². The maximum atomic E-state index is 5.41. The number of hydrogen-bond donors (Lipinski definition) is 2. The van der Waals surface area contributed by atoms with Gasteiger partial charge in [0.2, 0.25) is 0 Å². The number of pyridine rings is 1. The van der Waals surface area contributed by atoms with Crippen molar-refractivity contribution in [1.29, 1.82) is 0 Å². The van der Waals surface area contributed by atoms with Gasteiger partial charge in [0.1, 0.15) is 0 Å². The molecule has 1 aliphatic rings. The van der Waals surface area contributed by atoms with E-state index < -0.39 is 0 Å². The Morgan fingerprint density at radius 1 is 1.53 bits per heavy atom. The Bertz CT molecular complexity index is 353. The van der Waals surface area contributed by atoms with Crippen molar-refractivity contribution >= 4 is 5.69 Å². The Hall–Kier alpha value is -1.13. The lowest BCUT2D eigenvalue weighted by Gasteiger charge is -2.34. The van der Waals surface area contributed by atoms with Crippen molar-refractivity contribution in [1.82, 2.24) is 9.88 Å². The molecule has 0 aromatic carbocycles. The van der Waals surface area contributed by atoms with Crippen LogP contribution < -0.4 is 11.3 Å². The number of nitrogen functional groups attached to an aromatic ring is 1. The molecule has 1 saturated heterocycles. The number of aromatic nitrogens is 1. The lowest BCUT2D eigenvalue weighted by Crippen LogP contribution is -2.38. The SMILES string of the molecule is CCC1CCCCN1Cc1cc(NN)ccn1. The molecule has 0 aliphatic carbocycles. The van der Waals surface area contributed by atoms with Crippen LogP contribution in [0.3, 0.4) is 0 Å². The number of hydrogen-bond acceptors (Lipinski definition) is 4. The van der Waals surface area contributed by atoms with Crippen molar-refractivity contribution in [3.8, 4) is 0 Å². The standard InChI is InChI=1S/C13H22N4/c1-2-13-5-3-4-8-17(13)10-12-9-11(16-14)6-7-15-12/h6-7,9,13H,2-5,8,10,14H2,1H3,(H,15,16). The van der Waals surface area contributed by atoms with Gasteiger partial charge in [0.25, 0.3) is 0 Å². The molecule has 0 radical (unpaired) electrons. The predicted octanol–water partition coefficient (Wildman–Crippen LogP) is 2.13. The van der Waals surface area contributed by atoms with E-state index in [-0.39, 0.29) is 0 Å². The number of rotatable bonds is 4. The monoisotopic (exact) mass is 234 g/mol. The summed E-state index contributed by atoms with van der Waals surface area (Å²) in [5, 5.41) is 0. The third-order valence-electron chi connectivity index (χ3n) is 3.57. The molecule has 0 amide bonds. The largest absolute Gasteiger partial charge is 0.324 e. The fraction of sp³-hybridized carbons (Fsp3) is 0.615. The number of likely N-dealkylation sites (tertiary alicyclic amines) is 1. The van der Waals surface area contributed by atoms with Crippen LogP contribution in [0, 0.1) is 0 Å². The van der Waals surface area contributed by atoms with Crippen LogP contribution in [0.5, 0.6) is 0 Å². The molecule has 0 saturated carbocycles. The third-order valence-corrected chi connectivity index (χ3v) is 3.57. The summed E-state index contributed by atoms with van der Waals surface area (Å²) in [6, 6.07) is 4.64. The molecule has 94 valence electrons. The van der Waals surface area contributed by atoms with E-state index in [0.29, 0.717) is 0 Å². The Morgan fingerprint density at radius 3 is 3.18 bits per heavy atom. The van der Waals surface area contributed by atoms with Gasteiger partial charge in [-0.15, -0.1) is 0 Å². The summed E-state index contributed by atoms with van der Waals surface area (Å²) in [6.45, 7) is 4.41. The molecule has 0 bridgehead atoms. The Morgan fingerprint density at radius 2 is 2.41 bits per heavy atom. The molecular weight excluding hydrogens is 212 g/mol. The zero-order valence-electron chi connectivity index (χ0n) is 10.5. The smallest absolute Gasteiger partial charge is 0.0565 e. The number of piperidine rings is 1. The maximum Gasteiger partial charge on any atom is 0.0565 e. The molecule has 2 rings (SSSR count). The average Bonchev–Trinajstić information content (AvgIpc) is 2.39. The van der Waals surface area contributed by atoms with Gasteiger partial charge in [0.05, 0.1) is 11.4 Å². The highest BCUT2D eigenvalue weighted by Gasteiger charge is 2.20. The first-order valence-corrected chi connectivity index (χ1v) is 6.49. The molecule has 1 fully saturated rings.